The number of hydrogen-bond acceptors (Lipinski definition) is 4. The van der Waals surface area contributed by atoms with E-state index in [0.717, 1.165) is 54.1 Å². The number of para-hydroxylation sites is 1. The van der Waals surface area contributed by atoms with Crippen molar-refractivity contribution in [3.05, 3.63) is 119 Å². The van der Waals surface area contributed by atoms with Gasteiger partial charge in [0.1, 0.15) is 5.69 Å². The minimum atomic E-state index is -0.0999. The van der Waals surface area contributed by atoms with E-state index in [1.165, 1.54) is 6.92 Å². The van der Waals surface area contributed by atoms with E-state index in [1.807, 2.05) is 97.5 Å². The molecular formula is C33H28N4O2S. The summed E-state index contributed by atoms with van der Waals surface area (Å²) >= 11 is 1.69. The fourth-order valence-corrected chi connectivity index (χ4v) is 6.18. The van der Waals surface area contributed by atoms with Gasteiger partial charge in [0.2, 0.25) is 5.91 Å². The van der Waals surface area contributed by atoms with E-state index in [4.69, 9.17) is 0 Å². The smallest absolute Gasteiger partial charge is 0.295 e. The predicted octanol–water partition coefficient (Wildman–Crippen LogP) is 7.64. The largest absolute Gasteiger partial charge is 0.348 e. The topological polar surface area (TPSA) is 68.1 Å². The number of nitrogens with one attached hydrogen (secondary N) is 2. The second-order valence-corrected chi connectivity index (χ2v) is 10.7. The number of carbonyl (C=O) groups is 1. The van der Waals surface area contributed by atoms with Gasteiger partial charge in [0.15, 0.2) is 0 Å². The average molecular weight is 545 g/mol. The number of amides is 1. The van der Waals surface area contributed by atoms with Crippen LogP contribution in [0.5, 0.6) is 0 Å². The first-order valence-corrected chi connectivity index (χ1v) is 13.8. The standard InChI is InChI=1S/C33H28N4O2S/c1-21-30(33(39)37(36(21)3)24-11-5-4-6-12-24)35-31-26-13-7-9-15-28(26)32(29-16-10-8-14-27(29)31)40-25-19-17-23(18-20-25)34-22(2)38/h4-20,35H,1-3H3,(H,34,38). The molecule has 0 fully saturated rings. The number of anilines is 3. The summed E-state index contributed by atoms with van der Waals surface area (Å²) in [7, 11) is 1.90. The maximum atomic E-state index is 13.7. The average Bonchev–Trinajstić information content (AvgIpc) is 3.18. The van der Waals surface area contributed by atoms with E-state index in [-0.39, 0.29) is 11.5 Å². The molecule has 0 atom stereocenters. The van der Waals surface area contributed by atoms with Crippen LogP contribution in [0.15, 0.2) is 118 Å². The molecule has 0 aliphatic rings. The number of aromatic nitrogens is 2. The van der Waals surface area contributed by atoms with Gasteiger partial charge in [-0.2, -0.15) is 0 Å². The van der Waals surface area contributed by atoms with Gasteiger partial charge in [-0.25, -0.2) is 4.68 Å². The van der Waals surface area contributed by atoms with Gasteiger partial charge in [-0.05, 0) is 54.1 Å². The maximum Gasteiger partial charge on any atom is 0.295 e. The van der Waals surface area contributed by atoms with Crippen LogP contribution in [0.2, 0.25) is 0 Å². The summed E-state index contributed by atoms with van der Waals surface area (Å²) in [5, 5.41) is 10.7. The summed E-state index contributed by atoms with van der Waals surface area (Å²) < 4.78 is 3.58. The van der Waals surface area contributed by atoms with Crippen molar-refractivity contribution in [2.75, 3.05) is 10.6 Å². The highest BCUT2D eigenvalue weighted by atomic mass is 32.2. The van der Waals surface area contributed by atoms with Gasteiger partial charge in [0.25, 0.3) is 5.56 Å². The van der Waals surface area contributed by atoms with Crippen LogP contribution in [0, 0.1) is 6.92 Å². The third-order valence-corrected chi connectivity index (χ3v) is 8.23. The second-order valence-electron chi connectivity index (χ2n) is 9.66. The number of rotatable bonds is 6. The van der Waals surface area contributed by atoms with Crippen molar-refractivity contribution < 1.29 is 4.79 Å². The van der Waals surface area contributed by atoms with Crippen LogP contribution in [0.1, 0.15) is 12.6 Å². The molecule has 0 radical (unpaired) electrons. The minimum Gasteiger partial charge on any atom is -0.348 e. The number of benzene rings is 5. The van der Waals surface area contributed by atoms with E-state index in [2.05, 4.69) is 34.9 Å². The summed E-state index contributed by atoms with van der Waals surface area (Å²) in [5.41, 5.74) is 3.79. The molecule has 6 nitrogen and oxygen atoms in total. The van der Waals surface area contributed by atoms with Gasteiger partial charge in [-0.15, -0.1) is 0 Å². The zero-order valence-electron chi connectivity index (χ0n) is 22.4. The van der Waals surface area contributed by atoms with E-state index in [9.17, 15) is 9.59 Å². The Kier molecular flexibility index (Phi) is 6.66. The van der Waals surface area contributed by atoms with Gasteiger partial charge < -0.3 is 10.6 Å². The van der Waals surface area contributed by atoms with Crippen molar-refractivity contribution in [3.63, 3.8) is 0 Å². The number of nitrogens with zero attached hydrogens (tertiary/aromatic N) is 2. The Morgan fingerprint density at radius 2 is 1.27 bits per heavy atom. The lowest BCUT2D eigenvalue weighted by molar-refractivity contribution is -0.114. The highest BCUT2D eigenvalue weighted by molar-refractivity contribution is 7.99. The Labute approximate surface area is 236 Å². The summed E-state index contributed by atoms with van der Waals surface area (Å²) in [5.74, 6) is -0.0929. The van der Waals surface area contributed by atoms with Crippen molar-refractivity contribution in [2.45, 2.75) is 23.6 Å². The van der Waals surface area contributed by atoms with Gasteiger partial charge in [-0.3, -0.25) is 14.3 Å². The van der Waals surface area contributed by atoms with E-state index in [0.29, 0.717) is 5.69 Å². The molecule has 0 spiro atoms. The molecule has 6 aromatic rings. The molecule has 1 aromatic heterocycles. The fraction of sp³-hybridized carbons (Fsp3) is 0.0909. The van der Waals surface area contributed by atoms with Crippen molar-refractivity contribution in [1.82, 2.24) is 9.36 Å². The molecular weight excluding hydrogens is 516 g/mol. The van der Waals surface area contributed by atoms with Gasteiger partial charge in [0.05, 0.1) is 17.1 Å². The van der Waals surface area contributed by atoms with Crippen molar-refractivity contribution in [2.24, 2.45) is 7.05 Å². The first kappa shape index (κ1) is 25.5. The summed E-state index contributed by atoms with van der Waals surface area (Å²) in [6, 6.07) is 34.1. The summed E-state index contributed by atoms with van der Waals surface area (Å²) in [6.07, 6.45) is 0. The molecule has 40 heavy (non-hydrogen) atoms. The fourth-order valence-electron chi connectivity index (χ4n) is 5.10. The minimum absolute atomic E-state index is 0.0929. The highest BCUT2D eigenvalue weighted by Crippen LogP contribution is 2.44. The Morgan fingerprint density at radius 3 is 1.85 bits per heavy atom. The molecule has 0 aliphatic carbocycles. The molecule has 6 rings (SSSR count). The molecule has 2 N–H and O–H groups in total. The number of carbonyl (C=O) groups excluding carboxylic acids is 1. The zero-order valence-corrected chi connectivity index (χ0v) is 23.3. The second kappa shape index (κ2) is 10.4. The molecule has 0 saturated carbocycles. The molecule has 0 unspecified atom stereocenters. The molecule has 1 amide bonds. The van der Waals surface area contributed by atoms with E-state index in [1.54, 1.807) is 16.4 Å². The van der Waals surface area contributed by atoms with Crippen LogP contribution in [0.4, 0.5) is 17.1 Å². The van der Waals surface area contributed by atoms with Crippen LogP contribution >= 0.6 is 11.8 Å². The Hall–Kier alpha value is -4.75. The molecule has 1 heterocycles. The third kappa shape index (κ3) is 4.54. The van der Waals surface area contributed by atoms with Crippen LogP contribution in [0.25, 0.3) is 27.2 Å². The van der Waals surface area contributed by atoms with Crippen molar-refractivity contribution in [3.8, 4) is 5.69 Å². The molecule has 0 aliphatic heterocycles. The highest BCUT2D eigenvalue weighted by Gasteiger charge is 2.20. The van der Waals surface area contributed by atoms with Crippen molar-refractivity contribution in [1.29, 1.82) is 0 Å². The Bertz CT molecular complexity index is 1880. The first-order chi connectivity index (χ1) is 19.4. The Morgan fingerprint density at radius 1 is 0.725 bits per heavy atom. The maximum absolute atomic E-state index is 13.7. The summed E-state index contributed by atoms with van der Waals surface area (Å²) in [6.45, 7) is 3.47. The first-order valence-electron chi connectivity index (χ1n) is 13.0. The van der Waals surface area contributed by atoms with Crippen LogP contribution in [0.3, 0.4) is 0 Å². The number of hydrogen-bond donors (Lipinski definition) is 2. The molecule has 5 aromatic carbocycles. The third-order valence-electron chi connectivity index (χ3n) is 7.08. The SMILES string of the molecule is CC(=O)Nc1ccc(Sc2c3ccccc3c(Nc3c(C)n(C)n(-c4ccccc4)c3=O)c3ccccc23)cc1. The predicted molar refractivity (Wildman–Crippen MR) is 165 cm³/mol. The van der Waals surface area contributed by atoms with Crippen molar-refractivity contribution >= 4 is 56.3 Å². The lowest BCUT2D eigenvalue weighted by atomic mass is 10.0. The lowest BCUT2D eigenvalue weighted by Gasteiger charge is -2.17. The van der Waals surface area contributed by atoms with Crippen LogP contribution < -0.4 is 16.2 Å². The van der Waals surface area contributed by atoms with Gasteiger partial charge in [0, 0.05) is 40.2 Å². The van der Waals surface area contributed by atoms with Crippen LogP contribution in [-0.4, -0.2) is 15.3 Å². The molecule has 0 bridgehead atoms. The van der Waals surface area contributed by atoms with Gasteiger partial charge >= 0.3 is 0 Å². The Balaban J connectivity index is 1.50. The number of fused-ring (bicyclic) bond motifs is 2. The van der Waals surface area contributed by atoms with Gasteiger partial charge in [-0.1, -0.05) is 78.5 Å². The monoisotopic (exact) mass is 544 g/mol. The van der Waals surface area contributed by atoms with E-state index >= 15 is 0 Å². The quantitative estimate of drug-likeness (QED) is 0.211. The molecule has 198 valence electrons. The summed E-state index contributed by atoms with van der Waals surface area (Å²) in [4.78, 5) is 27.4. The molecule has 0 saturated heterocycles. The normalized spacial score (nSPS) is 11.2. The zero-order chi connectivity index (χ0) is 27.8. The van der Waals surface area contributed by atoms with E-state index < -0.39 is 0 Å². The van der Waals surface area contributed by atoms with Crippen LogP contribution in [-0.2, 0) is 11.8 Å². The molecule has 7 heteroatoms. The lowest BCUT2D eigenvalue weighted by Crippen LogP contribution is -2.20.